The highest BCUT2D eigenvalue weighted by Gasteiger charge is 2.53. The molecule has 6 nitrogen and oxygen atoms in total. The summed E-state index contributed by atoms with van der Waals surface area (Å²) in [5.41, 5.74) is 0.338. The zero-order chi connectivity index (χ0) is 18.2. The maximum atomic E-state index is 13.2. The van der Waals surface area contributed by atoms with Crippen molar-refractivity contribution < 1.29 is 18.8 Å². The molecule has 2 atom stereocenters. The van der Waals surface area contributed by atoms with Gasteiger partial charge in [0.2, 0.25) is 17.7 Å². The number of benzene rings is 1. The van der Waals surface area contributed by atoms with E-state index < -0.39 is 17.8 Å². The first-order valence-corrected chi connectivity index (χ1v) is 9.05. The van der Waals surface area contributed by atoms with Crippen molar-refractivity contribution >= 4 is 35.2 Å². The largest absolute Gasteiger partial charge is 0.335 e. The van der Waals surface area contributed by atoms with Crippen LogP contribution in [0.15, 0.2) is 24.3 Å². The number of anilines is 1. The fourth-order valence-electron chi connectivity index (χ4n) is 3.32. The number of carbonyl (C=O) groups is 3. The molecule has 2 aliphatic rings. The van der Waals surface area contributed by atoms with E-state index in [1.54, 1.807) is 22.7 Å². The van der Waals surface area contributed by atoms with Gasteiger partial charge in [-0.2, -0.15) is 0 Å². The molecule has 1 aromatic carbocycles. The van der Waals surface area contributed by atoms with Crippen molar-refractivity contribution in [3.63, 3.8) is 0 Å². The highest BCUT2D eigenvalue weighted by Crippen LogP contribution is 2.47. The van der Waals surface area contributed by atoms with Gasteiger partial charge in [0, 0.05) is 24.9 Å². The molecule has 0 aromatic heterocycles. The van der Waals surface area contributed by atoms with Crippen LogP contribution in [0.25, 0.3) is 0 Å². The molecule has 2 heterocycles. The Balaban J connectivity index is 1.61. The lowest BCUT2D eigenvalue weighted by atomic mass is 10.2. The maximum Gasteiger partial charge on any atom is 0.246 e. The quantitative estimate of drug-likeness (QED) is 0.881. The second-order valence-corrected chi connectivity index (χ2v) is 8.02. The summed E-state index contributed by atoms with van der Waals surface area (Å²) in [6.45, 7) is 1.82. The number of carbonyl (C=O) groups excluding carboxylic acids is 3. The van der Waals surface area contributed by atoms with Gasteiger partial charge in [-0.05, 0) is 31.5 Å². The van der Waals surface area contributed by atoms with Gasteiger partial charge in [-0.1, -0.05) is 6.07 Å². The fourth-order valence-corrected chi connectivity index (χ4v) is 4.74. The molecule has 3 amide bonds. The summed E-state index contributed by atoms with van der Waals surface area (Å²) in [7, 11) is 1.54. The minimum Gasteiger partial charge on any atom is -0.335 e. The average molecular weight is 365 g/mol. The zero-order valence-electron chi connectivity index (χ0n) is 14.1. The van der Waals surface area contributed by atoms with Crippen LogP contribution in [0.2, 0.25) is 0 Å². The molecule has 0 aliphatic carbocycles. The fraction of sp³-hybridized carbons (Fsp3) is 0.471. The highest BCUT2D eigenvalue weighted by atomic mass is 32.2. The molecule has 0 spiro atoms. The van der Waals surface area contributed by atoms with Gasteiger partial charge >= 0.3 is 0 Å². The average Bonchev–Trinajstić information content (AvgIpc) is 3.03. The Morgan fingerprint density at radius 3 is 2.96 bits per heavy atom. The molecule has 3 rings (SSSR count). The second kappa shape index (κ2) is 6.67. The van der Waals surface area contributed by atoms with E-state index in [0.717, 1.165) is 6.42 Å². The first-order valence-electron chi connectivity index (χ1n) is 8.07. The first kappa shape index (κ1) is 17.7. The Morgan fingerprint density at radius 1 is 1.48 bits per heavy atom. The van der Waals surface area contributed by atoms with Gasteiger partial charge in [0.05, 0.1) is 11.4 Å². The first-order chi connectivity index (χ1) is 11.8. The molecule has 1 N–H and O–H groups in total. The molecule has 25 heavy (non-hydrogen) atoms. The Hall–Kier alpha value is -2.09. The van der Waals surface area contributed by atoms with Crippen LogP contribution in [0, 0.1) is 5.82 Å². The van der Waals surface area contributed by atoms with E-state index in [1.807, 2.05) is 6.92 Å². The number of rotatable bonds is 4. The Morgan fingerprint density at radius 2 is 2.24 bits per heavy atom. The van der Waals surface area contributed by atoms with Crippen molar-refractivity contribution in [2.45, 2.75) is 30.7 Å². The second-order valence-electron chi connectivity index (χ2n) is 6.52. The number of halogens is 1. The Bertz CT molecular complexity index is 729. The monoisotopic (exact) mass is 365 g/mol. The topological polar surface area (TPSA) is 69.7 Å². The minimum atomic E-state index is -0.531. The van der Waals surface area contributed by atoms with Gasteiger partial charge in [-0.15, -0.1) is 11.8 Å². The molecular weight excluding hydrogens is 345 g/mol. The van der Waals surface area contributed by atoms with Crippen LogP contribution < -0.4 is 5.32 Å². The van der Waals surface area contributed by atoms with Crippen molar-refractivity contribution in [2.24, 2.45) is 0 Å². The molecule has 0 unspecified atom stereocenters. The van der Waals surface area contributed by atoms with E-state index in [9.17, 15) is 18.8 Å². The molecule has 2 saturated heterocycles. The number of amides is 3. The van der Waals surface area contributed by atoms with Crippen LogP contribution in [0.1, 0.15) is 19.8 Å². The van der Waals surface area contributed by atoms with E-state index in [1.165, 1.54) is 30.1 Å². The van der Waals surface area contributed by atoms with Gasteiger partial charge in [0.1, 0.15) is 11.9 Å². The highest BCUT2D eigenvalue weighted by molar-refractivity contribution is 8.01. The van der Waals surface area contributed by atoms with E-state index in [0.29, 0.717) is 17.9 Å². The predicted octanol–water partition coefficient (Wildman–Crippen LogP) is 1.68. The Kier molecular flexibility index (Phi) is 4.73. The van der Waals surface area contributed by atoms with Crippen LogP contribution in [0.3, 0.4) is 0 Å². The standard InChI is InChI=1S/C17H20FN3O3S/c1-17-7-6-15(23)21(17)13(10-25-17)16(24)20(2)9-14(22)19-12-5-3-4-11(18)8-12/h3-5,8,13H,6-7,9-10H2,1-2H3,(H,19,22)/t13-,17-/m1/s1. The van der Waals surface area contributed by atoms with Crippen molar-refractivity contribution in [1.29, 1.82) is 0 Å². The minimum absolute atomic E-state index is 0.0107. The summed E-state index contributed by atoms with van der Waals surface area (Å²) >= 11 is 1.61. The molecule has 8 heteroatoms. The van der Waals surface area contributed by atoms with Gasteiger partial charge in [-0.25, -0.2) is 4.39 Å². The molecule has 0 saturated carbocycles. The number of thioether (sulfide) groups is 1. The maximum absolute atomic E-state index is 13.2. The summed E-state index contributed by atoms with van der Waals surface area (Å²) < 4.78 is 13.2. The Labute approximate surface area is 149 Å². The molecule has 2 aliphatic heterocycles. The number of likely N-dealkylation sites (N-methyl/N-ethyl adjacent to an activating group) is 1. The van der Waals surface area contributed by atoms with Crippen LogP contribution in [-0.2, 0) is 14.4 Å². The molecule has 134 valence electrons. The van der Waals surface area contributed by atoms with E-state index >= 15 is 0 Å². The summed E-state index contributed by atoms with van der Waals surface area (Å²) in [6, 6.07) is 5.03. The predicted molar refractivity (Wildman–Crippen MR) is 93.4 cm³/mol. The van der Waals surface area contributed by atoms with E-state index in [-0.39, 0.29) is 23.2 Å². The van der Waals surface area contributed by atoms with Crippen molar-refractivity contribution in [3.05, 3.63) is 30.1 Å². The molecule has 2 fully saturated rings. The lowest BCUT2D eigenvalue weighted by Crippen LogP contribution is -2.51. The van der Waals surface area contributed by atoms with Gasteiger partial charge in [0.15, 0.2) is 0 Å². The number of nitrogens with zero attached hydrogens (tertiary/aromatic N) is 2. The number of hydrogen-bond acceptors (Lipinski definition) is 4. The van der Waals surface area contributed by atoms with Crippen molar-refractivity contribution in [1.82, 2.24) is 9.80 Å². The normalized spacial score (nSPS) is 25.0. The number of hydrogen-bond donors (Lipinski definition) is 1. The molecule has 0 bridgehead atoms. The smallest absolute Gasteiger partial charge is 0.246 e. The van der Waals surface area contributed by atoms with E-state index in [2.05, 4.69) is 5.32 Å². The SMILES string of the molecule is CN(CC(=O)Nc1cccc(F)c1)C(=O)[C@H]1CS[C@]2(C)CCC(=O)N12. The van der Waals surface area contributed by atoms with Gasteiger partial charge in [0.25, 0.3) is 0 Å². The van der Waals surface area contributed by atoms with Crippen LogP contribution in [0.4, 0.5) is 10.1 Å². The molecule has 1 aromatic rings. The van der Waals surface area contributed by atoms with Gasteiger partial charge in [-0.3, -0.25) is 14.4 Å². The van der Waals surface area contributed by atoms with Crippen LogP contribution in [0.5, 0.6) is 0 Å². The lowest BCUT2D eigenvalue weighted by molar-refractivity contribution is -0.143. The van der Waals surface area contributed by atoms with Crippen LogP contribution in [-0.4, -0.2) is 57.8 Å². The van der Waals surface area contributed by atoms with Gasteiger partial charge < -0.3 is 15.1 Å². The summed E-state index contributed by atoms with van der Waals surface area (Å²) in [5, 5.41) is 2.56. The summed E-state index contributed by atoms with van der Waals surface area (Å²) in [4.78, 5) is 39.6. The number of fused-ring (bicyclic) bond motifs is 1. The number of nitrogens with one attached hydrogen (secondary N) is 1. The van der Waals surface area contributed by atoms with E-state index in [4.69, 9.17) is 0 Å². The third-order valence-electron chi connectivity index (χ3n) is 4.60. The molecule has 0 radical (unpaired) electrons. The summed E-state index contributed by atoms with van der Waals surface area (Å²) in [5.74, 6) is -0.583. The molecular formula is C17H20FN3O3S. The lowest BCUT2D eigenvalue weighted by Gasteiger charge is -2.31. The third kappa shape index (κ3) is 3.49. The van der Waals surface area contributed by atoms with Crippen molar-refractivity contribution in [2.75, 3.05) is 24.7 Å². The van der Waals surface area contributed by atoms with Crippen LogP contribution >= 0.6 is 11.8 Å². The third-order valence-corrected chi connectivity index (χ3v) is 6.10. The summed E-state index contributed by atoms with van der Waals surface area (Å²) in [6.07, 6.45) is 1.20. The zero-order valence-corrected chi connectivity index (χ0v) is 14.9. The van der Waals surface area contributed by atoms with Crippen molar-refractivity contribution in [3.8, 4) is 0 Å².